The molecule has 2 aromatic carbocycles. The van der Waals surface area contributed by atoms with Gasteiger partial charge in [-0.3, -0.25) is 4.79 Å². The zero-order valence-corrected chi connectivity index (χ0v) is 17.8. The summed E-state index contributed by atoms with van der Waals surface area (Å²) >= 11 is 0. The molecule has 0 bridgehead atoms. The molecule has 0 unspecified atom stereocenters. The number of methoxy groups -OCH3 is 1. The summed E-state index contributed by atoms with van der Waals surface area (Å²) in [5.74, 6) is -1.76. The van der Waals surface area contributed by atoms with Gasteiger partial charge in [-0.25, -0.2) is 0 Å². The van der Waals surface area contributed by atoms with Crippen LogP contribution in [0.2, 0.25) is 0 Å². The van der Waals surface area contributed by atoms with E-state index in [1.54, 1.807) is 0 Å². The number of rotatable bonds is 5. The van der Waals surface area contributed by atoms with E-state index in [4.69, 9.17) is 18.9 Å². The van der Waals surface area contributed by atoms with Gasteiger partial charge in [0.25, 0.3) is 0 Å². The number of aliphatic hydroxyl groups excluding tert-OH is 5. The molecule has 0 spiro atoms. The predicted octanol–water partition coefficient (Wildman–Crippen LogP) is -1.04. The Balaban J connectivity index is 1.71. The standard InChI is InChI=1S/C22H24O12/c1-31-9-5-12-15(13(6-9)33-22-20(30)18(28)16(26)14(7-23)34-22)17(27)19(29)21(32-12)8-2-3-10(24)11(25)4-8/h2-6,14,16,18-26,28-30H,7H2,1H3/t14-,16-,18-,19-,20+,21+,22+/m0/s1. The van der Waals surface area contributed by atoms with Crippen LogP contribution >= 0.6 is 0 Å². The van der Waals surface area contributed by atoms with Gasteiger partial charge >= 0.3 is 0 Å². The molecule has 1 saturated heterocycles. The Morgan fingerprint density at radius 3 is 2.35 bits per heavy atom. The fourth-order valence-electron chi connectivity index (χ4n) is 3.86. The van der Waals surface area contributed by atoms with E-state index in [-0.39, 0.29) is 28.4 Å². The second-order valence-corrected chi connectivity index (χ2v) is 7.91. The molecular formula is C22H24O12. The highest BCUT2D eigenvalue weighted by atomic mass is 16.7. The van der Waals surface area contributed by atoms with Crippen molar-refractivity contribution in [2.24, 2.45) is 0 Å². The lowest BCUT2D eigenvalue weighted by atomic mass is 9.92. The molecule has 7 N–H and O–H groups in total. The number of Topliss-reactive ketones (excluding diaryl/α,β-unsaturated/α-hetero) is 1. The Hall–Kier alpha value is -3.13. The Morgan fingerprint density at radius 2 is 1.71 bits per heavy atom. The molecule has 4 rings (SSSR count). The first-order valence-corrected chi connectivity index (χ1v) is 10.3. The molecule has 2 aromatic rings. The predicted molar refractivity (Wildman–Crippen MR) is 111 cm³/mol. The van der Waals surface area contributed by atoms with Gasteiger partial charge in [-0.15, -0.1) is 0 Å². The molecule has 0 saturated carbocycles. The van der Waals surface area contributed by atoms with Gasteiger partial charge in [0, 0.05) is 12.1 Å². The molecule has 12 heteroatoms. The SMILES string of the molecule is COc1cc(O[C@@H]2O[C@@H](CO)[C@H](O)[C@H](O)[C@H]2O)c2c(c1)O[C@H](c1ccc(O)c(O)c1)[C@@H](O)C2=O. The molecule has 34 heavy (non-hydrogen) atoms. The summed E-state index contributed by atoms with van der Waals surface area (Å²) in [7, 11) is 1.34. The number of carbonyl (C=O) groups excluding carboxylic acids is 1. The van der Waals surface area contributed by atoms with Crippen LogP contribution in [0.25, 0.3) is 0 Å². The van der Waals surface area contributed by atoms with Crippen LogP contribution in [0.5, 0.6) is 28.7 Å². The van der Waals surface area contributed by atoms with Crippen LogP contribution in [0.15, 0.2) is 30.3 Å². The van der Waals surface area contributed by atoms with Gasteiger partial charge in [0.05, 0.1) is 13.7 Å². The molecule has 0 aliphatic carbocycles. The van der Waals surface area contributed by atoms with Crippen LogP contribution in [-0.4, -0.2) is 92.1 Å². The highest BCUT2D eigenvalue weighted by Gasteiger charge is 2.46. The minimum Gasteiger partial charge on any atom is -0.504 e. The van der Waals surface area contributed by atoms with E-state index in [9.17, 15) is 40.5 Å². The van der Waals surface area contributed by atoms with Crippen LogP contribution < -0.4 is 14.2 Å². The number of fused-ring (bicyclic) bond motifs is 1. The normalized spacial score (nSPS) is 30.9. The van der Waals surface area contributed by atoms with Crippen molar-refractivity contribution in [2.75, 3.05) is 13.7 Å². The number of aromatic hydroxyl groups is 2. The van der Waals surface area contributed by atoms with Gasteiger partial charge in [-0.05, 0) is 17.7 Å². The summed E-state index contributed by atoms with van der Waals surface area (Å²) in [5, 5.41) is 69.6. The fraction of sp³-hybridized carbons (Fsp3) is 0.409. The van der Waals surface area contributed by atoms with Crippen molar-refractivity contribution in [1.82, 2.24) is 0 Å². The topological polar surface area (TPSA) is 196 Å². The molecule has 0 amide bonds. The second kappa shape index (κ2) is 9.25. The monoisotopic (exact) mass is 480 g/mol. The maximum absolute atomic E-state index is 13.1. The Morgan fingerprint density at radius 1 is 0.971 bits per heavy atom. The van der Waals surface area contributed by atoms with Crippen LogP contribution in [-0.2, 0) is 4.74 Å². The third-order valence-electron chi connectivity index (χ3n) is 5.75. The first-order valence-electron chi connectivity index (χ1n) is 10.3. The molecule has 184 valence electrons. The number of phenols is 2. The van der Waals surface area contributed by atoms with Crippen molar-refractivity contribution in [1.29, 1.82) is 0 Å². The zero-order chi connectivity index (χ0) is 24.7. The number of ketones is 1. The molecule has 12 nitrogen and oxygen atoms in total. The van der Waals surface area contributed by atoms with Gasteiger partial charge in [0.15, 0.2) is 23.7 Å². The summed E-state index contributed by atoms with van der Waals surface area (Å²) in [4.78, 5) is 13.1. The van der Waals surface area contributed by atoms with Crippen molar-refractivity contribution in [2.45, 2.75) is 42.9 Å². The smallest absolute Gasteiger partial charge is 0.229 e. The van der Waals surface area contributed by atoms with E-state index in [2.05, 4.69) is 0 Å². The molecular weight excluding hydrogens is 456 g/mol. The number of aliphatic hydroxyl groups is 5. The fourth-order valence-corrected chi connectivity index (χ4v) is 3.86. The summed E-state index contributed by atoms with van der Waals surface area (Å²) < 4.78 is 22.0. The van der Waals surface area contributed by atoms with E-state index in [0.717, 1.165) is 6.07 Å². The lowest BCUT2D eigenvalue weighted by molar-refractivity contribution is -0.277. The van der Waals surface area contributed by atoms with E-state index < -0.39 is 66.8 Å². The van der Waals surface area contributed by atoms with Crippen LogP contribution in [0.3, 0.4) is 0 Å². The number of hydrogen-bond donors (Lipinski definition) is 7. The van der Waals surface area contributed by atoms with E-state index >= 15 is 0 Å². The highest BCUT2D eigenvalue weighted by Crippen LogP contribution is 2.44. The van der Waals surface area contributed by atoms with E-state index in [0.29, 0.717) is 0 Å². The average molecular weight is 480 g/mol. The summed E-state index contributed by atoms with van der Waals surface area (Å²) in [6.45, 7) is -0.678. The van der Waals surface area contributed by atoms with Crippen molar-refractivity contribution in [3.63, 3.8) is 0 Å². The van der Waals surface area contributed by atoms with Crippen LogP contribution in [0.4, 0.5) is 0 Å². The van der Waals surface area contributed by atoms with Crippen molar-refractivity contribution >= 4 is 5.78 Å². The lowest BCUT2D eigenvalue weighted by Gasteiger charge is -2.40. The Labute approximate surface area is 192 Å². The molecule has 2 heterocycles. The molecule has 0 aromatic heterocycles. The van der Waals surface area contributed by atoms with Gasteiger partial charge in [-0.2, -0.15) is 0 Å². The molecule has 0 radical (unpaired) electrons. The molecule has 7 atom stereocenters. The maximum Gasteiger partial charge on any atom is 0.229 e. The third kappa shape index (κ3) is 4.11. The van der Waals surface area contributed by atoms with Gasteiger partial charge in [0.2, 0.25) is 12.1 Å². The number of hydrogen-bond acceptors (Lipinski definition) is 12. The van der Waals surface area contributed by atoms with Gasteiger partial charge < -0.3 is 54.7 Å². The third-order valence-corrected chi connectivity index (χ3v) is 5.75. The summed E-state index contributed by atoms with van der Waals surface area (Å²) in [6.07, 6.45) is -10.9. The quantitative estimate of drug-likeness (QED) is 0.257. The first kappa shape index (κ1) is 24.0. The van der Waals surface area contributed by atoms with Gasteiger partial charge in [-0.1, -0.05) is 6.07 Å². The number of ether oxygens (including phenoxy) is 4. The van der Waals surface area contributed by atoms with Crippen molar-refractivity contribution in [3.05, 3.63) is 41.5 Å². The average Bonchev–Trinajstić information content (AvgIpc) is 2.83. The summed E-state index contributed by atoms with van der Waals surface area (Å²) in [6, 6.07) is 6.34. The molecule has 2 aliphatic rings. The lowest BCUT2D eigenvalue weighted by Crippen LogP contribution is -2.60. The number of benzene rings is 2. The minimum absolute atomic E-state index is 0.0493. The van der Waals surface area contributed by atoms with Crippen molar-refractivity contribution in [3.8, 4) is 28.7 Å². The van der Waals surface area contributed by atoms with E-state index in [1.807, 2.05) is 0 Å². The Kier molecular flexibility index (Phi) is 6.53. The Bertz CT molecular complexity index is 1070. The molecule has 1 fully saturated rings. The summed E-state index contributed by atoms with van der Waals surface area (Å²) in [5.41, 5.74) is 0.00512. The van der Waals surface area contributed by atoms with E-state index in [1.165, 1.54) is 31.4 Å². The van der Waals surface area contributed by atoms with Gasteiger partial charge in [0.1, 0.15) is 47.2 Å². The largest absolute Gasteiger partial charge is 0.504 e. The maximum atomic E-state index is 13.1. The van der Waals surface area contributed by atoms with Crippen LogP contribution in [0, 0.1) is 0 Å². The first-order chi connectivity index (χ1) is 16.2. The second-order valence-electron chi connectivity index (χ2n) is 7.91. The van der Waals surface area contributed by atoms with Crippen molar-refractivity contribution < 1.29 is 59.5 Å². The number of carbonyl (C=O) groups is 1. The number of phenolic OH excluding ortho intramolecular Hbond substituents is 2. The minimum atomic E-state index is -1.74. The zero-order valence-electron chi connectivity index (χ0n) is 17.8. The molecule has 2 aliphatic heterocycles. The van der Waals surface area contributed by atoms with Crippen LogP contribution in [0.1, 0.15) is 22.0 Å². The highest BCUT2D eigenvalue weighted by molar-refractivity contribution is 6.05.